The second-order valence-electron chi connectivity index (χ2n) is 2.79. The van der Waals surface area contributed by atoms with Crippen molar-refractivity contribution in [1.29, 1.82) is 0 Å². The average Bonchev–Trinajstić information content (AvgIpc) is 2.42. The molecule has 0 aliphatic carbocycles. The molecule has 1 rings (SSSR count). The molecular formula is C6H9N3O5. The van der Waals surface area contributed by atoms with Crippen molar-refractivity contribution in [3.8, 4) is 0 Å². The van der Waals surface area contributed by atoms with Crippen LogP contribution in [0.3, 0.4) is 0 Å². The van der Waals surface area contributed by atoms with Gasteiger partial charge < -0.3 is 20.1 Å². The smallest absolute Gasteiger partial charge is 0.338 e. The molecule has 8 nitrogen and oxygen atoms in total. The zero-order valence-corrected chi connectivity index (χ0v) is 7.02. The molecule has 0 saturated carbocycles. The highest BCUT2D eigenvalue weighted by Crippen LogP contribution is 2.20. The van der Waals surface area contributed by atoms with Gasteiger partial charge in [0.2, 0.25) is 0 Å². The van der Waals surface area contributed by atoms with Crippen LogP contribution in [0.5, 0.6) is 0 Å². The molecule has 1 aliphatic heterocycles. The van der Waals surface area contributed by atoms with Crippen LogP contribution < -0.4 is 0 Å². The quantitative estimate of drug-likeness (QED) is 0.217. The Bertz CT molecular complexity index is 277. The Morgan fingerprint density at radius 1 is 1.64 bits per heavy atom. The van der Waals surface area contributed by atoms with Crippen molar-refractivity contribution < 1.29 is 24.9 Å². The second kappa shape index (κ2) is 4.25. The van der Waals surface area contributed by atoms with Gasteiger partial charge in [0.15, 0.2) is 6.10 Å². The molecular weight excluding hydrogens is 194 g/mol. The number of azide groups is 1. The third-order valence-electron chi connectivity index (χ3n) is 1.92. The molecule has 0 aromatic heterocycles. The fourth-order valence-electron chi connectivity index (χ4n) is 1.17. The van der Waals surface area contributed by atoms with Crippen molar-refractivity contribution in [3.05, 3.63) is 10.4 Å². The Balaban J connectivity index is 2.78. The molecule has 4 atom stereocenters. The van der Waals surface area contributed by atoms with E-state index in [0.717, 1.165) is 0 Å². The molecule has 1 fully saturated rings. The number of esters is 1. The molecule has 78 valence electrons. The first-order valence-electron chi connectivity index (χ1n) is 3.83. The van der Waals surface area contributed by atoms with Crippen molar-refractivity contribution in [2.45, 2.75) is 24.4 Å². The maximum atomic E-state index is 10.8. The lowest BCUT2D eigenvalue weighted by molar-refractivity contribution is -0.148. The Labute approximate surface area is 78.3 Å². The normalized spacial score (nSPS) is 33.4. The van der Waals surface area contributed by atoms with Gasteiger partial charge in [-0.05, 0) is 5.53 Å². The third-order valence-corrected chi connectivity index (χ3v) is 1.92. The number of ether oxygens (including phenoxy) is 1. The molecule has 8 heteroatoms. The lowest BCUT2D eigenvalue weighted by atomic mass is 10.1. The van der Waals surface area contributed by atoms with Crippen LogP contribution in [0.4, 0.5) is 0 Å². The van der Waals surface area contributed by atoms with E-state index in [4.69, 9.17) is 15.7 Å². The molecule has 0 aromatic rings. The summed E-state index contributed by atoms with van der Waals surface area (Å²) in [7, 11) is 0. The molecule has 0 amide bonds. The van der Waals surface area contributed by atoms with Crippen LogP contribution in [0.1, 0.15) is 0 Å². The number of nitrogens with zero attached hydrogens (tertiary/aromatic N) is 3. The molecule has 1 aliphatic rings. The summed E-state index contributed by atoms with van der Waals surface area (Å²) in [4.78, 5) is 13.2. The minimum absolute atomic E-state index is 0.578. The maximum absolute atomic E-state index is 10.8. The molecule has 1 heterocycles. The van der Waals surface area contributed by atoms with Gasteiger partial charge in [0.25, 0.3) is 0 Å². The van der Waals surface area contributed by atoms with E-state index < -0.39 is 36.9 Å². The van der Waals surface area contributed by atoms with Crippen LogP contribution in [-0.4, -0.2) is 52.2 Å². The summed E-state index contributed by atoms with van der Waals surface area (Å²) >= 11 is 0. The summed E-state index contributed by atoms with van der Waals surface area (Å²) in [5, 5.41) is 30.2. The van der Waals surface area contributed by atoms with E-state index >= 15 is 0 Å². The number of carbonyl (C=O) groups excluding carboxylic acids is 1. The van der Waals surface area contributed by atoms with Gasteiger partial charge in [-0.3, -0.25) is 0 Å². The molecule has 0 aromatic carbocycles. The average molecular weight is 203 g/mol. The van der Waals surface area contributed by atoms with Crippen LogP contribution in [0, 0.1) is 0 Å². The van der Waals surface area contributed by atoms with Gasteiger partial charge in [0.05, 0.1) is 6.61 Å². The Morgan fingerprint density at radius 3 is 2.64 bits per heavy atom. The van der Waals surface area contributed by atoms with Gasteiger partial charge in [0.1, 0.15) is 18.2 Å². The van der Waals surface area contributed by atoms with E-state index in [1.807, 2.05) is 0 Å². The monoisotopic (exact) mass is 203 g/mol. The van der Waals surface area contributed by atoms with E-state index in [0.29, 0.717) is 0 Å². The van der Waals surface area contributed by atoms with Crippen molar-refractivity contribution in [1.82, 2.24) is 0 Å². The number of cyclic esters (lactones) is 1. The molecule has 0 spiro atoms. The Kier molecular flexibility index (Phi) is 3.26. The van der Waals surface area contributed by atoms with Crippen molar-refractivity contribution in [2.75, 3.05) is 6.61 Å². The minimum atomic E-state index is -1.65. The van der Waals surface area contributed by atoms with Gasteiger partial charge in [-0.25, -0.2) is 4.79 Å². The van der Waals surface area contributed by atoms with Gasteiger partial charge in [0, 0.05) is 4.91 Å². The predicted molar refractivity (Wildman–Crippen MR) is 41.9 cm³/mol. The minimum Gasteiger partial charge on any atom is -0.457 e. The van der Waals surface area contributed by atoms with Crippen LogP contribution in [0.15, 0.2) is 5.11 Å². The van der Waals surface area contributed by atoms with Gasteiger partial charge in [-0.1, -0.05) is 5.11 Å². The number of rotatable bonds is 3. The molecule has 1 saturated heterocycles. The first kappa shape index (κ1) is 10.7. The van der Waals surface area contributed by atoms with E-state index in [1.54, 1.807) is 0 Å². The van der Waals surface area contributed by atoms with E-state index in [2.05, 4.69) is 14.8 Å². The molecule has 0 unspecified atom stereocenters. The number of hydrogen-bond acceptors (Lipinski definition) is 6. The van der Waals surface area contributed by atoms with Gasteiger partial charge in [-0.2, -0.15) is 0 Å². The summed E-state index contributed by atoms with van der Waals surface area (Å²) in [6.45, 7) is -0.578. The van der Waals surface area contributed by atoms with E-state index in [9.17, 15) is 9.90 Å². The molecule has 3 N–H and O–H groups in total. The number of aliphatic hydroxyl groups excluding tert-OH is 3. The highest BCUT2D eigenvalue weighted by Gasteiger charge is 2.46. The number of aliphatic hydroxyl groups is 3. The second-order valence-corrected chi connectivity index (χ2v) is 2.79. The molecule has 14 heavy (non-hydrogen) atoms. The standard InChI is InChI=1S/C6H9N3O5/c7-9-8-2(1-10)5-3(11)4(12)6(13)14-5/h2-5,10-12H,1H2/t2-,3+,4-,5+/m0/s1. The zero-order valence-electron chi connectivity index (χ0n) is 7.02. The van der Waals surface area contributed by atoms with Crippen molar-refractivity contribution in [2.24, 2.45) is 5.11 Å². The summed E-state index contributed by atoms with van der Waals surface area (Å²) in [5.41, 5.74) is 8.11. The Hall–Kier alpha value is -1.34. The predicted octanol–water partition coefficient (Wildman–Crippen LogP) is -1.70. The third kappa shape index (κ3) is 1.78. The zero-order chi connectivity index (χ0) is 10.7. The summed E-state index contributed by atoms with van der Waals surface area (Å²) in [6.07, 6.45) is -4.33. The van der Waals surface area contributed by atoms with Gasteiger partial charge >= 0.3 is 5.97 Å². The van der Waals surface area contributed by atoms with Crippen molar-refractivity contribution >= 4 is 5.97 Å². The first-order chi connectivity index (χ1) is 6.61. The fourth-order valence-corrected chi connectivity index (χ4v) is 1.17. The van der Waals surface area contributed by atoms with Gasteiger partial charge in [-0.15, -0.1) is 0 Å². The van der Waals surface area contributed by atoms with E-state index in [1.165, 1.54) is 0 Å². The number of carbonyl (C=O) groups is 1. The fraction of sp³-hybridized carbons (Fsp3) is 0.833. The van der Waals surface area contributed by atoms with Crippen LogP contribution >= 0.6 is 0 Å². The SMILES string of the molecule is [N-]=[N+]=N[C@@H](CO)[C@H]1OC(=O)[C@@H](O)[C@H]1O. The summed E-state index contributed by atoms with van der Waals surface area (Å²) in [5.74, 6) is -0.992. The van der Waals surface area contributed by atoms with Crippen LogP contribution in [0.25, 0.3) is 10.4 Å². The first-order valence-corrected chi connectivity index (χ1v) is 3.83. The lowest BCUT2D eigenvalue weighted by Gasteiger charge is -2.18. The van der Waals surface area contributed by atoms with E-state index in [-0.39, 0.29) is 0 Å². The number of hydrogen-bond donors (Lipinski definition) is 3. The van der Waals surface area contributed by atoms with Crippen LogP contribution in [-0.2, 0) is 9.53 Å². The van der Waals surface area contributed by atoms with Crippen LogP contribution in [0.2, 0.25) is 0 Å². The lowest BCUT2D eigenvalue weighted by Crippen LogP contribution is -2.39. The summed E-state index contributed by atoms with van der Waals surface area (Å²) < 4.78 is 4.53. The highest BCUT2D eigenvalue weighted by atomic mass is 16.6. The van der Waals surface area contributed by atoms with Crippen molar-refractivity contribution in [3.63, 3.8) is 0 Å². The topological polar surface area (TPSA) is 136 Å². The maximum Gasteiger partial charge on any atom is 0.338 e. The molecule has 0 bridgehead atoms. The highest BCUT2D eigenvalue weighted by molar-refractivity contribution is 5.77. The summed E-state index contributed by atoms with van der Waals surface area (Å²) in [6, 6.07) is -1.09. The Morgan fingerprint density at radius 2 is 2.29 bits per heavy atom. The molecule has 0 radical (unpaired) electrons. The largest absolute Gasteiger partial charge is 0.457 e.